The highest BCUT2D eigenvalue weighted by molar-refractivity contribution is 6.30. The molecule has 1 N–H and O–H groups in total. The van der Waals surface area contributed by atoms with Gasteiger partial charge in [-0.1, -0.05) is 25.4 Å². The van der Waals surface area contributed by atoms with Crippen molar-refractivity contribution in [2.75, 3.05) is 7.05 Å². The van der Waals surface area contributed by atoms with Gasteiger partial charge in [-0.15, -0.1) is 0 Å². The average molecular weight is 258 g/mol. The molecular weight excluding hydrogens is 237 g/mol. The van der Waals surface area contributed by atoms with Crippen LogP contribution in [0.4, 0.5) is 4.39 Å². The smallest absolute Gasteiger partial charge is 0.126 e. The maximum absolute atomic E-state index is 13.6. The van der Waals surface area contributed by atoms with Gasteiger partial charge in [-0.25, -0.2) is 4.39 Å². The van der Waals surface area contributed by atoms with E-state index in [4.69, 9.17) is 11.6 Å². The quantitative estimate of drug-likeness (QED) is 0.811. The van der Waals surface area contributed by atoms with Crippen LogP contribution in [0.15, 0.2) is 18.2 Å². The number of nitrogens with one attached hydrogen (secondary N) is 1. The first-order valence-electron chi connectivity index (χ1n) is 6.14. The molecule has 0 bridgehead atoms. The number of halogens is 2. The van der Waals surface area contributed by atoms with Gasteiger partial charge in [0.25, 0.3) is 0 Å². The van der Waals surface area contributed by atoms with Crippen LogP contribution in [0.1, 0.15) is 32.3 Å². The summed E-state index contributed by atoms with van der Waals surface area (Å²) in [5, 5.41) is 3.84. The van der Waals surface area contributed by atoms with Crippen LogP contribution in [0.25, 0.3) is 0 Å². The first-order valence-corrected chi connectivity index (χ1v) is 6.52. The predicted octanol–water partition coefficient (Wildman–Crippen LogP) is 4.05. The van der Waals surface area contributed by atoms with Crippen molar-refractivity contribution in [1.29, 1.82) is 0 Å². The van der Waals surface area contributed by atoms with E-state index in [1.165, 1.54) is 6.07 Å². The van der Waals surface area contributed by atoms with E-state index in [9.17, 15) is 4.39 Å². The van der Waals surface area contributed by atoms with Gasteiger partial charge in [0.15, 0.2) is 0 Å². The molecule has 0 saturated heterocycles. The Hall–Kier alpha value is -0.600. The van der Waals surface area contributed by atoms with Crippen LogP contribution < -0.4 is 5.32 Å². The van der Waals surface area contributed by atoms with E-state index in [1.54, 1.807) is 12.1 Å². The molecule has 0 radical (unpaired) electrons. The standard InChI is InChI=1S/C14H21ClFN/c1-10(2)4-6-13(17-3)9-11-8-12(15)5-7-14(11)16/h5,7-8,10,13,17H,4,6,9H2,1-3H3. The normalized spacial score (nSPS) is 13.1. The third kappa shape index (κ3) is 5.05. The molecule has 0 aliphatic heterocycles. The third-order valence-corrected chi connectivity index (χ3v) is 3.21. The maximum atomic E-state index is 13.6. The number of rotatable bonds is 6. The van der Waals surface area contributed by atoms with Crippen LogP contribution in [0.2, 0.25) is 5.02 Å². The van der Waals surface area contributed by atoms with E-state index in [0.29, 0.717) is 29.0 Å². The van der Waals surface area contributed by atoms with Crippen molar-refractivity contribution >= 4 is 11.6 Å². The third-order valence-electron chi connectivity index (χ3n) is 2.97. The number of hydrogen-bond acceptors (Lipinski definition) is 1. The molecule has 0 heterocycles. The molecule has 96 valence electrons. The molecule has 3 heteroatoms. The lowest BCUT2D eigenvalue weighted by molar-refractivity contribution is 0.445. The van der Waals surface area contributed by atoms with Crippen LogP contribution in [0.3, 0.4) is 0 Å². The van der Waals surface area contributed by atoms with Crippen LogP contribution in [-0.2, 0) is 6.42 Å². The topological polar surface area (TPSA) is 12.0 Å². The van der Waals surface area contributed by atoms with Crippen LogP contribution >= 0.6 is 11.6 Å². The van der Waals surface area contributed by atoms with Crippen molar-refractivity contribution in [2.45, 2.75) is 39.2 Å². The highest BCUT2D eigenvalue weighted by Gasteiger charge is 2.11. The Balaban J connectivity index is 2.63. The molecule has 0 aliphatic rings. The van der Waals surface area contributed by atoms with Crippen LogP contribution in [0, 0.1) is 11.7 Å². The summed E-state index contributed by atoms with van der Waals surface area (Å²) in [6, 6.07) is 5.05. The van der Waals surface area contributed by atoms with Crippen molar-refractivity contribution in [3.63, 3.8) is 0 Å². The molecular formula is C14H21ClFN. The second-order valence-corrected chi connectivity index (χ2v) is 5.33. The maximum Gasteiger partial charge on any atom is 0.126 e. The zero-order valence-electron chi connectivity index (χ0n) is 10.8. The van der Waals surface area contributed by atoms with Crippen LogP contribution in [-0.4, -0.2) is 13.1 Å². The van der Waals surface area contributed by atoms with Gasteiger partial charge in [0.05, 0.1) is 0 Å². The van der Waals surface area contributed by atoms with E-state index in [0.717, 1.165) is 12.8 Å². The minimum atomic E-state index is -0.167. The molecule has 17 heavy (non-hydrogen) atoms. The van der Waals surface area contributed by atoms with Crippen molar-refractivity contribution in [2.24, 2.45) is 5.92 Å². The van der Waals surface area contributed by atoms with Crippen LogP contribution in [0.5, 0.6) is 0 Å². The summed E-state index contributed by atoms with van der Waals surface area (Å²) in [5.41, 5.74) is 0.695. The Bertz CT molecular complexity index is 352. The highest BCUT2D eigenvalue weighted by Crippen LogP contribution is 2.18. The molecule has 1 nitrogen and oxygen atoms in total. The van der Waals surface area contributed by atoms with Gasteiger partial charge < -0.3 is 5.32 Å². The monoisotopic (exact) mass is 257 g/mol. The summed E-state index contributed by atoms with van der Waals surface area (Å²) in [6.07, 6.45) is 2.89. The molecule has 1 unspecified atom stereocenters. The highest BCUT2D eigenvalue weighted by atomic mass is 35.5. The fraction of sp³-hybridized carbons (Fsp3) is 0.571. The SMILES string of the molecule is CNC(CCC(C)C)Cc1cc(Cl)ccc1F. The average Bonchev–Trinajstić information content (AvgIpc) is 2.28. The van der Waals surface area contributed by atoms with Gasteiger partial charge in [0.2, 0.25) is 0 Å². The number of likely N-dealkylation sites (N-methyl/N-ethyl adjacent to an activating group) is 1. The minimum absolute atomic E-state index is 0.167. The Morgan fingerprint density at radius 2 is 2.00 bits per heavy atom. The number of benzene rings is 1. The molecule has 0 spiro atoms. The molecule has 1 rings (SSSR count). The lowest BCUT2D eigenvalue weighted by Gasteiger charge is -2.17. The fourth-order valence-corrected chi connectivity index (χ4v) is 2.04. The summed E-state index contributed by atoms with van der Waals surface area (Å²) in [4.78, 5) is 0. The lowest BCUT2D eigenvalue weighted by atomic mass is 9.98. The van der Waals surface area contributed by atoms with Gasteiger partial charge in [-0.2, -0.15) is 0 Å². The van der Waals surface area contributed by atoms with Gasteiger partial charge in [-0.3, -0.25) is 0 Å². The Labute approximate surface area is 108 Å². The van der Waals surface area contributed by atoms with E-state index in [-0.39, 0.29) is 5.82 Å². The van der Waals surface area contributed by atoms with Gasteiger partial charge in [-0.05, 0) is 56.0 Å². The molecule has 0 saturated carbocycles. The molecule has 0 aromatic heterocycles. The van der Waals surface area contributed by atoms with Gasteiger partial charge in [0.1, 0.15) is 5.82 Å². The summed E-state index contributed by atoms with van der Waals surface area (Å²) >= 11 is 5.88. The lowest BCUT2D eigenvalue weighted by Crippen LogP contribution is -2.28. The summed E-state index contributed by atoms with van der Waals surface area (Å²) in [5.74, 6) is 0.509. The van der Waals surface area contributed by atoms with Crippen molar-refractivity contribution in [1.82, 2.24) is 5.32 Å². The van der Waals surface area contributed by atoms with Crippen molar-refractivity contribution in [3.8, 4) is 0 Å². The van der Waals surface area contributed by atoms with Gasteiger partial charge in [0, 0.05) is 11.1 Å². The molecule has 0 amide bonds. The summed E-state index contributed by atoms with van der Waals surface area (Å²) < 4.78 is 13.6. The molecule has 1 aromatic carbocycles. The predicted molar refractivity (Wildman–Crippen MR) is 72.0 cm³/mol. The largest absolute Gasteiger partial charge is 0.317 e. The summed E-state index contributed by atoms with van der Waals surface area (Å²) in [6.45, 7) is 4.40. The van der Waals surface area contributed by atoms with E-state index < -0.39 is 0 Å². The Kier molecular flexibility index (Phi) is 5.93. The molecule has 0 aliphatic carbocycles. The fourth-order valence-electron chi connectivity index (χ4n) is 1.85. The zero-order chi connectivity index (χ0) is 12.8. The van der Waals surface area contributed by atoms with Crippen molar-refractivity contribution < 1.29 is 4.39 Å². The molecule has 0 fully saturated rings. The Morgan fingerprint density at radius 1 is 1.29 bits per heavy atom. The van der Waals surface area contributed by atoms with E-state index in [1.807, 2.05) is 7.05 Å². The second kappa shape index (κ2) is 6.97. The van der Waals surface area contributed by atoms with Gasteiger partial charge >= 0.3 is 0 Å². The zero-order valence-corrected chi connectivity index (χ0v) is 11.5. The van der Waals surface area contributed by atoms with E-state index in [2.05, 4.69) is 19.2 Å². The second-order valence-electron chi connectivity index (χ2n) is 4.90. The first-order chi connectivity index (χ1) is 8.02. The minimum Gasteiger partial charge on any atom is -0.317 e. The first kappa shape index (κ1) is 14.5. The van der Waals surface area contributed by atoms with Crippen molar-refractivity contribution in [3.05, 3.63) is 34.6 Å². The summed E-state index contributed by atoms with van der Waals surface area (Å²) in [7, 11) is 1.92. The van der Waals surface area contributed by atoms with E-state index >= 15 is 0 Å². The number of hydrogen-bond donors (Lipinski definition) is 1. The Morgan fingerprint density at radius 3 is 2.59 bits per heavy atom. The molecule has 1 atom stereocenters. The molecule has 1 aromatic rings.